The summed E-state index contributed by atoms with van der Waals surface area (Å²) in [4.78, 5) is 1.35. The minimum Gasteiger partial charge on any atom is -0.324 e. The van der Waals surface area contributed by atoms with E-state index in [4.69, 9.17) is 5.73 Å². The highest BCUT2D eigenvalue weighted by Gasteiger charge is 2.12. The van der Waals surface area contributed by atoms with Gasteiger partial charge in [-0.05, 0) is 25.0 Å². The standard InChI is InChI=1S/C14H23NS/c1-5-6-13(15)12-9-11(4)7-8-14(12)16-10(2)3/h7-10,13H,5-6,15H2,1-4H3. The molecule has 0 heterocycles. The number of benzene rings is 1. The summed E-state index contributed by atoms with van der Waals surface area (Å²) in [5, 5.41) is 0.607. The highest BCUT2D eigenvalue weighted by molar-refractivity contribution is 8.00. The van der Waals surface area contributed by atoms with E-state index in [1.807, 2.05) is 11.8 Å². The second kappa shape index (κ2) is 6.31. The van der Waals surface area contributed by atoms with Gasteiger partial charge in [0, 0.05) is 16.2 Å². The number of thioether (sulfide) groups is 1. The van der Waals surface area contributed by atoms with E-state index in [-0.39, 0.29) is 6.04 Å². The normalized spacial score (nSPS) is 13.1. The Labute approximate surface area is 104 Å². The molecule has 0 saturated heterocycles. The summed E-state index contributed by atoms with van der Waals surface area (Å²) in [6.07, 6.45) is 2.20. The molecular weight excluding hydrogens is 214 g/mol. The zero-order valence-electron chi connectivity index (χ0n) is 10.8. The molecule has 1 unspecified atom stereocenters. The Morgan fingerprint density at radius 2 is 2.00 bits per heavy atom. The summed E-state index contributed by atoms with van der Waals surface area (Å²) in [7, 11) is 0. The number of rotatable bonds is 5. The average Bonchev–Trinajstić information content (AvgIpc) is 2.20. The van der Waals surface area contributed by atoms with Crippen molar-refractivity contribution in [1.82, 2.24) is 0 Å². The predicted molar refractivity (Wildman–Crippen MR) is 74.0 cm³/mol. The average molecular weight is 237 g/mol. The van der Waals surface area contributed by atoms with Gasteiger partial charge in [-0.15, -0.1) is 11.8 Å². The first kappa shape index (κ1) is 13.6. The Morgan fingerprint density at radius 3 is 2.56 bits per heavy atom. The molecule has 2 heteroatoms. The second-order valence-corrected chi connectivity index (χ2v) is 6.22. The fourth-order valence-corrected chi connectivity index (χ4v) is 2.79. The van der Waals surface area contributed by atoms with Crippen molar-refractivity contribution in [3.8, 4) is 0 Å². The summed E-state index contributed by atoms with van der Waals surface area (Å²) in [5.41, 5.74) is 8.86. The fourth-order valence-electron chi connectivity index (χ4n) is 1.79. The van der Waals surface area contributed by atoms with Crippen LogP contribution in [0, 0.1) is 6.92 Å². The van der Waals surface area contributed by atoms with Gasteiger partial charge >= 0.3 is 0 Å². The molecular formula is C14H23NS. The predicted octanol–water partition coefficient (Wildman–Crippen LogP) is 4.30. The van der Waals surface area contributed by atoms with Crippen LogP contribution in [0.4, 0.5) is 0 Å². The van der Waals surface area contributed by atoms with Crippen LogP contribution in [0.15, 0.2) is 23.1 Å². The first-order valence-electron chi connectivity index (χ1n) is 6.07. The summed E-state index contributed by atoms with van der Waals surface area (Å²) in [5.74, 6) is 0. The van der Waals surface area contributed by atoms with Gasteiger partial charge in [0.1, 0.15) is 0 Å². The molecule has 0 radical (unpaired) electrons. The van der Waals surface area contributed by atoms with Crippen LogP contribution in [0.25, 0.3) is 0 Å². The zero-order valence-corrected chi connectivity index (χ0v) is 11.6. The van der Waals surface area contributed by atoms with Crippen molar-refractivity contribution >= 4 is 11.8 Å². The maximum atomic E-state index is 6.24. The van der Waals surface area contributed by atoms with E-state index in [9.17, 15) is 0 Å². The molecule has 0 amide bonds. The number of nitrogens with two attached hydrogens (primary N) is 1. The molecule has 0 spiro atoms. The van der Waals surface area contributed by atoms with E-state index < -0.39 is 0 Å². The Morgan fingerprint density at radius 1 is 1.31 bits per heavy atom. The van der Waals surface area contributed by atoms with Gasteiger partial charge in [-0.2, -0.15) is 0 Å². The highest BCUT2D eigenvalue weighted by atomic mass is 32.2. The lowest BCUT2D eigenvalue weighted by Crippen LogP contribution is -2.11. The summed E-state index contributed by atoms with van der Waals surface area (Å²) < 4.78 is 0. The first-order valence-corrected chi connectivity index (χ1v) is 6.95. The smallest absolute Gasteiger partial charge is 0.0306 e. The van der Waals surface area contributed by atoms with Gasteiger partial charge in [-0.3, -0.25) is 0 Å². The number of aryl methyl sites for hydroxylation is 1. The number of hydrogen-bond acceptors (Lipinski definition) is 2. The molecule has 0 fully saturated rings. The number of hydrogen-bond donors (Lipinski definition) is 1. The third kappa shape index (κ3) is 3.84. The lowest BCUT2D eigenvalue weighted by Gasteiger charge is -2.17. The van der Waals surface area contributed by atoms with Crippen molar-refractivity contribution < 1.29 is 0 Å². The summed E-state index contributed by atoms with van der Waals surface area (Å²) >= 11 is 1.91. The van der Waals surface area contributed by atoms with Crippen LogP contribution >= 0.6 is 11.8 Å². The Kier molecular flexibility index (Phi) is 5.36. The second-order valence-electron chi connectivity index (χ2n) is 4.60. The van der Waals surface area contributed by atoms with Crippen LogP contribution in [0.5, 0.6) is 0 Å². The molecule has 0 bridgehead atoms. The van der Waals surface area contributed by atoms with Crippen LogP contribution in [-0.4, -0.2) is 5.25 Å². The third-order valence-electron chi connectivity index (χ3n) is 2.53. The Hall–Kier alpha value is -0.470. The van der Waals surface area contributed by atoms with Crippen LogP contribution in [0.3, 0.4) is 0 Å². The quantitative estimate of drug-likeness (QED) is 0.773. The Bertz CT molecular complexity index is 334. The lowest BCUT2D eigenvalue weighted by atomic mass is 10.0. The van der Waals surface area contributed by atoms with Crippen molar-refractivity contribution in [2.45, 2.75) is 56.7 Å². The van der Waals surface area contributed by atoms with Crippen molar-refractivity contribution in [3.63, 3.8) is 0 Å². The van der Waals surface area contributed by atoms with Gasteiger partial charge in [0.05, 0.1) is 0 Å². The van der Waals surface area contributed by atoms with Gasteiger partial charge in [0.2, 0.25) is 0 Å². The minimum absolute atomic E-state index is 0.186. The van der Waals surface area contributed by atoms with Gasteiger partial charge in [0.15, 0.2) is 0 Å². The largest absolute Gasteiger partial charge is 0.324 e. The van der Waals surface area contributed by atoms with Gasteiger partial charge in [0.25, 0.3) is 0 Å². The van der Waals surface area contributed by atoms with Crippen LogP contribution in [0.1, 0.15) is 50.8 Å². The third-order valence-corrected chi connectivity index (χ3v) is 3.62. The van der Waals surface area contributed by atoms with Crippen LogP contribution < -0.4 is 5.73 Å². The molecule has 2 N–H and O–H groups in total. The molecule has 1 rings (SSSR count). The van der Waals surface area contributed by atoms with E-state index in [1.165, 1.54) is 16.0 Å². The molecule has 0 aromatic heterocycles. The summed E-state index contributed by atoms with van der Waals surface area (Å²) in [6.45, 7) is 8.76. The SMILES string of the molecule is CCCC(N)c1cc(C)ccc1SC(C)C. The molecule has 16 heavy (non-hydrogen) atoms. The topological polar surface area (TPSA) is 26.0 Å². The van der Waals surface area contributed by atoms with E-state index in [2.05, 4.69) is 45.9 Å². The lowest BCUT2D eigenvalue weighted by molar-refractivity contribution is 0.628. The maximum absolute atomic E-state index is 6.24. The van der Waals surface area contributed by atoms with E-state index in [1.54, 1.807) is 0 Å². The minimum atomic E-state index is 0.186. The maximum Gasteiger partial charge on any atom is 0.0306 e. The molecule has 1 aromatic rings. The summed E-state index contributed by atoms with van der Waals surface area (Å²) in [6, 6.07) is 6.81. The van der Waals surface area contributed by atoms with E-state index >= 15 is 0 Å². The van der Waals surface area contributed by atoms with Gasteiger partial charge in [-0.25, -0.2) is 0 Å². The molecule has 0 aliphatic rings. The van der Waals surface area contributed by atoms with Gasteiger partial charge in [-0.1, -0.05) is 44.9 Å². The monoisotopic (exact) mass is 237 g/mol. The highest BCUT2D eigenvalue weighted by Crippen LogP contribution is 2.31. The first-order chi connectivity index (χ1) is 7.54. The van der Waals surface area contributed by atoms with Crippen molar-refractivity contribution in [1.29, 1.82) is 0 Å². The molecule has 0 saturated carbocycles. The van der Waals surface area contributed by atoms with Crippen molar-refractivity contribution in [3.05, 3.63) is 29.3 Å². The van der Waals surface area contributed by atoms with Crippen LogP contribution in [0.2, 0.25) is 0 Å². The van der Waals surface area contributed by atoms with E-state index in [0.29, 0.717) is 5.25 Å². The van der Waals surface area contributed by atoms with E-state index in [0.717, 1.165) is 12.8 Å². The molecule has 90 valence electrons. The van der Waals surface area contributed by atoms with Crippen molar-refractivity contribution in [2.24, 2.45) is 5.73 Å². The fraction of sp³-hybridized carbons (Fsp3) is 0.571. The molecule has 1 atom stereocenters. The zero-order chi connectivity index (χ0) is 12.1. The van der Waals surface area contributed by atoms with Crippen LogP contribution in [-0.2, 0) is 0 Å². The molecule has 0 aliphatic heterocycles. The van der Waals surface area contributed by atoms with Crippen molar-refractivity contribution in [2.75, 3.05) is 0 Å². The Balaban J connectivity index is 2.97. The van der Waals surface area contributed by atoms with Gasteiger partial charge < -0.3 is 5.73 Å². The molecule has 1 nitrogen and oxygen atoms in total. The molecule has 0 aliphatic carbocycles. The molecule has 1 aromatic carbocycles.